The van der Waals surface area contributed by atoms with E-state index < -0.39 is 23.5 Å². The minimum atomic E-state index is -1.14. The lowest BCUT2D eigenvalue weighted by Crippen LogP contribution is -2.63. The van der Waals surface area contributed by atoms with Crippen molar-refractivity contribution in [3.63, 3.8) is 0 Å². The summed E-state index contributed by atoms with van der Waals surface area (Å²) in [4.78, 5) is 37.2. The van der Waals surface area contributed by atoms with Crippen LogP contribution >= 0.6 is 0 Å². The van der Waals surface area contributed by atoms with E-state index in [0.29, 0.717) is 18.3 Å². The Morgan fingerprint density at radius 1 is 1.03 bits per heavy atom. The molecule has 0 heterocycles. The third-order valence-corrected chi connectivity index (χ3v) is 9.94. The Kier molecular flexibility index (Phi) is 5.57. The first-order chi connectivity index (χ1) is 16.2. The molecular weight excluding hydrogens is 428 g/mol. The number of carbonyl (C=O) groups excluding carboxylic acids is 2. The molecule has 4 aliphatic carbocycles. The standard InChI is InChI=1S/C29H34O5/c1-27-14-13-24(34-25(31)11-8-19-6-4-3-5-7-19)28(2,26(32)33)22(27)12-15-29-16-20(9-10-23(27)29)21(17-29)18-30/h3-8,11,17-18,20,22-24H,9-10,12-16H2,1-2H3,(H,32,33)/b11-8+/t20-,22+,23+,24-,27-,28-,29+/m1/s1. The first kappa shape index (κ1) is 23.1. The van der Waals surface area contributed by atoms with Gasteiger partial charge in [0.25, 0.3) is 0 Å². The third kappa shape index (κ3) is 3.38. The van der Waals surface area contributed by atoms with E-state index in [1.54, 1.807) is 13.0 Å². The van der Waals surface area contributed by atoms with Crippen molar-refractivity contribution in [3.05, 3.63) is 53.6 Å². The van der Waals surface area contributed by atoms with Crippen LogP contribution in [0.5, 0.6) is 0 Å². The van der Waals surface area contributed by atoms with Crippen molar-refractivity contribution in [2.75, 3.05) is 0 Å². The summed E-state index contributed by atoms with van der Waals surface area (Å²) in [7, 11) is 0. The zero-order valence-electron chi connectivity index (χ0n) is 20.0. The highest BCUT2D eigenvalue weighted by atomic mass is 16.5. The van der Waals surface area contributed by atoms with Crippen LogP contribution in [0.15, 0.2) is 48.1 Å². The van der Waals surface area contributed by atoms with Gasteiger partial charge in [-0.05, 0) is 97.7 Å². The number of fused-ring (bicyclic) bond motifs is 3. The van der Waals surface area contributed by atoms with Crippen LogP contribution in [0.1, 0.15) is 64.4 Å². The van der Waals surface area contributed by atoms with Crippen LogP contribution in [0, 0.1) is 34.0 Å². The van der Waals surface area contributed by atoms with Crippen molar-refractivity contribution in [2.24, 2.45) is 34.0 Å². The van der Waals surface area contributed by atoms with E-state index in [-0.39, 0.29) is 16.7 Å². The largest absolute Gasteiger partial charge is 0.481 e. The van der Waals surface area contributed by atoms with Crippen LogP contribution in [0.25, 0.3) is 6.08 Å². The quantitative estimate of drug-likeness (QED) is 0.357. The Balaban J connectivity index is 1.41. The third-order valence-electron chi connectivity index (χ3n) is 9.94. The number of carboxylic acids is 1. The fourth-order valence-electron chi connectivity index (χ4n) is 8.38. The minimum absolute atomic E-state index is 0.0196. The highest BCUT2D eigenvalue weighted by Gasteiger charge is 2.67. The molecule has 0 saturated heterocycles. The highest BCUT2D eigenvalue weighted by molar-refractivity contribution is 5.87. The maximum atomic E-state index is 12.8. The van der Waals surface area contributed by atoms with Gasteiger partial charge in [0, 0.05) is 6.08 Å². The zero-order valence-corrected chi connectivity index (χ0v) is 20.0. The van der Waals surface area contributed by atoms with Gasteiger partial charge in [-0.2, -0.15) is 0 Å². The van der Waals surface area contributed by atoms with Crippen molar-refractivity contribution < 1.29 is 24.2 Å². The lowest BCUT2D eigenvalue weighted by molar-refractivity contribution is -0.208. The fourth-order valence-corrected chi connectivity index (χ4v) is 8.38. The average molecular weight is 463 g/mol. The maximum absolute atomic E-state index is 12.8. The van der Waals surface area contributed by atoms with E-state index in [1.165, 1.54) is 6.08 Å². The van der Waals surface area contributed by atoms with Crippen LogP contribution in [0.2, 0.25) is 0 Å². The topological polar surface area (TPSA) is 80.7 Å². The second-order valence-corrected chi connectivity index (χ2v) is 11.4. The average Bonchev–Trinajstić information content (AvgIpc) is 3.09. The summed E-state index contributed by atoms with van der Waals surface area (Å²) in [6.07, 6.45) is 11.9. The number of benzene rings is 1. The predicted octanol–water partition coefficient (Wildman–Crippen LogP) is 5.45. The molecule has 1 aromatic rings. The molecule has 1 aromatic carbocycles. The fraction of sp³-hybridized carbons (Fsp3) is 0.552. The Bertz CT molecular complexity index is 1060. The summed E-state index contributed by atoms with van der Waals surface area (Å²) < 4.78 is 5.85. The molecule has 34 heavy (non-hydrogen) atoms. The molecule has 5 heteroatoms. The van der Waals surface area contributed by atoms with Gasteiger partial charge < -0.3 is 9.84 Å². The molecule has 0 amide bonds. The molecule has 3 fully saturated rings. The number of esters is 1. The molecule has 0 unspecified atom stereocenters. The highest BCUT2D eigenvalue weighted by Crippen LogP contribution is 2.70. The summed E-state index contributed by atoms with van der Waals surface area (Å²) in [6, 6.07) is 9.51. The Labute approximate surface area is 201 Å². The number of carbonyl (C=O) groups is 3. The van der Waals surface area contributed by atoms with Crippen LogP contribution < -0.4 is 0 Å². The number of hydrogen-bond donors (Lipinski definition) is 1. The maximum Gasteiger partial charge on any atom is 0.331 e. The molecule has 2 bridgehead atoms. The molecule has 0 aliphatic heterocycles. The lowest BCUT2D eigenvalue weighted by atomic mass is 9.40. The minimum Gasteiger partial charge on any atom is -0.481 e. The van der Waals surface area contributed by atoms with Crippen molar-refractivity contribution in [1.29, 1.82) is 0 Å². The molecule has 5 rings (SSSR count). The van der Waals surface area contributed by atoms with E-state index in [2.05, 4.69) is 13.0 Å². The summed E-state index contributed by atoms with van der Waals surface area (Å²) in [6.45, 7) is 4.06. The van der Waals surface area contributed by atoms with Gasteiger partial charge in [0.15, 0.2) is 0 Å². The van der Waals surface area contributed by atoms with Gasteiger partial charge >= 0.3 is 11.9 Å². The second-order valence-electron chi connectivity index (χ2n) is 11.4. The van der Waals surface area contributed by atoms with Crippen molar-refractivity contribution in [2.45, 2.75) is 64.9 Å². The van der Waals surface area contributed by atoms with Gasteiger partial charge in [-0.25, -0.2) is 4.79 Å². The molecule has 1 spiro atoms. The molecule has 0 aromatic heterocycles. The number of hydrogen-bond acceptors (Lipinski definition) is 4. The van der Waals surface area contributed by atoms with Crippen molar-refractivity contribution in [3.8, 4) is 0 Å². The first-order valence-electron chi connectivity index (χ1n) is 12.6. The van der Waals surface area contributed by atoms with Crippen LogP contribution in [0.4, 0.5) is 0 Å². The van der Waals surface area contributed by atoms with Gasteiger partial charge in [0.05, 0.1) is 0 Å². The van der Waals surface area contributed by atoms with Gasteiger partial charge in [-0.15, -0.1) is 0 Å². The van der Waals surface area contributed by atoms with Crippen molar-refractivity contribution >= 4 is 24.3 Å². The van der Waals surface area contributed by atoms with Crippen LogP contribution in [-0.2, 0) is 19.1 Å². The smallest absolute Gasteiger partial charge is 0.331 e. The molecule has 1 N–H and O–H groups in total. The molecule has 4 aliphatic rings. The first-order valence-corrected chi connectivity index (χ1v) is 12.6. The van der Waals surface area contributed by atoms with Crippen molar-refractivity contribution in [1.82, 2.24) is 0 Å². The number of rotatable bonds is 5. The predicted molar refractivity (Wildman–Crippen MR) is 129 cm³/mol. The number of aldehydes is 1. The second kappa shape index (κ2) is 8.21. The van der Waals surface area contributed by atoms with Gasteiger partial charge in [-0.3, -0.25) is 9.59 Å². The van der Waals surface area contributed by atoms with E-state index in [9.17, 15) is 19.5 Å². The number of ether oxygens (including phenoxy) is 1. The number of allylic oxidation sites excluding steroid dienone is 2. The lowest BCUT2D eigenvalue weighted by Gasteiger charge is -2.64. The monoisotopic (exact) mass is 462 g/mol. The van der Waals surface area contributed by atoms with E-state index in [0.717, 1.165) is 55.9 Å². The van der Waals surface area contributed by atoms with Gasteiger partial charge in [0.2, 0.25) is 0 Å². The molecule has 180 valence electrons. The van der Waals surface area contributed by atoms with E-state index in [1.807, 2.05) is 30.3 Å². The zero-order chi connectivity index (χ0) is 24.1. The van der Waals surface area contributed by atoms with E-state index >= 15 is 0 Å². The summed E-state index contributed by atoms with van der Waals surface area (Å²) >= 11 is 0. The molecule has 5 nitrogen and oxygen atoms in total. The van der Waals surface area contributed by atoms with E-state index in [4.69, 9.17) is 4.74 Å². The molecule has 0 radical (unpaired) electrons. The Morgan fingerprint density at radius 2 is 1.79 bits per heavy atom. The summed E-state index contributed by atoms with van der Waals surface area (Å²) in [5, 5.41) is 10.5. The van der Waals surface area contributed by atoms with Crippen LogP contribution in [0.3, 0.4) is 0 Å². The van der Waals surface area contributed by atoms with Gasteiger partial charge in [-0.1, -0.05) is 43.3 Å². The normalized spacial score (nSPS) is 40.7. The molecule has 3 saturated carbocycles. The number of aliphatic carboxylic acids is 1. The Hall–Kier alpha value is -2.69. The van der Waals surface area contributed by atoms with Crippen LogP contribution in [-0.4, -0.2) is 29.4 Å². The summed E-state index contributed by atoms with van der Waals surface area (Å²) in [5.41, 5.74) is 0.569. The number of carboxylic acid groups (broad SMARTS) is 1. The van der Waals surface area contributed by atoms with Gasteiger partial charge in [0.1, 0.15) is 17.8 Å². The SMILES string of the molecule is C[C@@]12CC[C@@H](OC(=O)/C=C/c3ccccc3)[C@](C)(C(=O)O)[C@H]1CC[C@]13C=C(C=O)[C@H](CC[C@H]12)C3. The summed E-state index contributed by atoms with van der Waals surface area (Å²) in [5.74, 6) is -0.724. The molecular formula is C29H34O5. The Morgan fingerprint density at radius 3 is 2.50 bits per heavy atom. The molecule has 7 atom stereocenters.